The van der Waals surface area contributed by atoms with Crippen LogP contribution in [0.3, 0.4) is 0 Å². The van der Waals surface area contributed by atoms with Crippen LogP contribution in [-0.2, 0) is 0 Å². The minimum Gasteiger partial charge on any atom is -0.349 e. The monoisotopic (exact) mass is 316 g/mol. The Morgan fingerprint density at radius 1 is 1.39 bits per heavy atom. The average Bonchev–Trinajstić information content (AvgIpc) is 2.79. The third-order valence-corrected chi connectivity index (χ3v) is 4.15. The Balaban J connectivity index is 2.40. The van der Waals surface area contributed by atoms with E-state index in [0.29, 0.717) is 0 Å². The van der Waals surface area contributed by atoms with Crippen molar-refractivity contribution in [2.45, 2.75) is 38.6 Å². The van der Waals surface area contributed by atoms with Gasteiger partial charge in [-0.3, -0.25) is 4.99 Å². The van der Waals surface area contributed by atoms with Crippen molar-refractivity contribution in [3.05, 3.63) is 47.5 Å². The van der Waals surface area contributed by atoms with Crippen molar-refractivity contribution < 1.29 is 4.39 Å². The molecule has 5 heteroatoms. The molecule has 1 aromatic carbocycles. The van der Waals surface area contributed by atoms with E-state index in [-0.39, 0.29) is 18.5 Å². The molecule has 23 heavy (non-hydrogen) atoms. The maximum atomic E-state index is 14.3. The van der Waals surface area contributed by atoms with Gasteiger partial charge in [0.1, 0.15) is 11.6 Å². The van der Waals surface area contributed by atoms with E-state index in [1.54, 1.807) is 6.07 Å². The topological polar surface area (TPSA) is 54.0 Å². The van der Waals surface area contributed by atoms with Gasteiger partial charge in [0.2, 0.25) is 0 Å². The van der Waals surface area contributed by atoms with E-state index in [9.17, 15) is 4.39 Å². The number of aliphatic imine (C=N–C) groups is 2. The van der Waals surface area contributed by atoms with Gasteiger partial charge in [-0.2, -0.15) is 0 Å². The van der Waals surface area contributed by atoms with E-state index >= 15 is 0 Å². The van der Waals surface area contributed by atoms with E-state index in [0.717, 1.165) is 49.3 Å². The van der Waals surface area contributed by atoms with Crippen LogP contribution >= 0.6 is 0 Å². The van der Waals surface area contributed by atoms with Crippen molar-refractivity contribution in [3.8, 4) is 0 Å². The van der Waals surface area contributed by atoms with Crippen molar-refractivity contribution in [2.24, 2.45) is 15.7 Å². The van der Waals surface area contributed by atoms with Crippen LogP contribution in [-0.4, -0.2) is 30.5 Å². The van der Waals surface area contributed by atoms with Crippen LogP contribution in [0.15, 0.2) is 46.1 Å². The van der Waals surface area contributed by atoms with E-state index < -0.39 is 0 Å². The Bertz CT molecular complexity index is 594. The highest BCUT2D eigenvalue weighted by Gasteiger charge is 2.26. The molecule has 0 aromatic heterocycles. The number of benzene rings is 1. The van der Waals surface area contributed by atoms with Gasteiger partial charge in [0, 0.05) is 23.9 Å². The molecule has 1 unspecified atom stereocenters. The fraction of sp³-hybridized carbons (Fsp3) is 0.444. The minimum absolute atomic E-state index is 0.0267. The second kappa shape index (κ2) is 8.58. The molecule has 0 amide bonds. The fourth-order valence-electron chi connectivity index (χ4n) is 3.05. The number of rotatable bonds is 5. The first-order valence-corrected chi connectivity index (χ1v) is 8.08. The number of nitrogens with zero attached hydrogens (tertiary/aromatic N) is 3. The van der Waals surface area contributed by atoms with Gasteiger partial charge in [0.15, 0.2) is 0 Å². The summed E-state index contributed by atoms with van der Waals surface area (Å²) in [5.41, 5.74) is 6.98. The molecule has 1 fully saturated rings. The summed E-state index contributed by atoms with van der Waals surface area (Å²) >= 11 is 0. The van der Waals surface area contributed by atoms with E-state index in [1.165, 1.54) is 6.07 Å². The zero-order valence-corrected chi connectivity index (χ0v) is 13.7. The summed E-state index contributed by atoms with van der Waals surface area (Å²) in [6.07, 6.45) is 6.06. The highest BCUT2D eigenvalue weighted by Crippen LogP contribution is 2.34. The lowest BCUT2D eigenvalue weighted by molar-refractivity contribution is 0.252. The van der Waals surface area contributed by atoms with Gasteiger partial charge in [0.25, 0.3) is 0 Å². The molecule has 1 aliphatic rings. The highest BCUT2D eigenvalue weighted by molar-refractivity contribution is 5.93. The second-order valence-corrected chi connectivity index (χ2v) is 5.72. The second-order valence-electron chi connectivity index (χ2n) is 5.72. The number of nitrogens with two attached hydrogens (primary N) is 1. The Kier molecular flexibility index (Phi) is 6.47. The summed E-state index contributed by atoms with van der Waals surface area (Å²) in [6, 6.07) is 6.96. The van der Waals surface area contributed by atoms with Crippen molar-refractivity contribution in [2.75, 3.05) is 13.2 Å². The Hall–Kier alpha value is -2.01. The molecule has 0 aliphatic carbocycles. The number of likely N-dealkylation sites (tertiary alicyclic amines) is 1. The van der Waals surface area contributed by atoms with E-state index in [1.807, 2.05) is 25.1 Å². The van der Waals surface area contributed by atoms with E-state index in [4.69, 9.17) is 5.73 Å². The van der Waals surface area contributed by atoms with Gasteiger partial charge < -0.3 is 10.6 Å². The Morgan fingerprint density at radius 3 is 2.87 bits per heavy atom. The Labute approximate surface area is 137 Å². The largest absolute Gasteiger partial charge is 0.349 e. The zero-order valence-electron chi connectivity index (χ0n) is 13.7. The van der Waals surface area contributed by atoms with Crippen molar-refractivity contribution in [1.29, 1.82) is 0 Å². The summed E-state index contributed by atoms with van der Waals surface area (Å²) in [4.78, 5) is 10.5. The first kappa shape index (κ1) is 17.3. The maximum Gasteiger partial charge on any atom is 0.130 e. The predicted molar refractivity (Wildman–Crippen MR) is 94.1 cm³/mol. The fourth-order valence-corrected chi connectivity index (χ4v) is 3.05. The third kappa shape index (κ3) is 4.48. The Morgan fingerprint density at radius 2 is 2.17 bits per heavy atom. The molecule has 124 valence electrons. The molecular weight excluding hydrogens is 291 g/mol. The number of hydrogen-bond donors (Lipinski definition) is 1. The molecule has 2 rings (SSSR count). The molecule has 1 aromatic rings. The van der Waals surface area contributed by atoms with E-state index in [2.05, 4.69) is 21.6 Å². The molecule has 0 radical (unpaired) electrons. The van der Waals surface area contributed by atoms with Crippen LogP contribution in [0.2, 0.25) is 0 Å². The van der Waals surface area contributed by atoms with Crippen LogP contribution in [0.5, 0.6) is 0 Å². The number of halogens is 1. The third-order valence-electron chi connectivity index (χ3n) is 4.15. The molecule has 1 saturated heterocycles. The summed E-state index contributed by atoms with van der Waals surface area (Å²) in [5.74, 6) is 0.565. The molecule has 0 saturated carbocycles. The van der Waals surface area contributed by atoms with Crippen LogP contribution in [0.25, 0.3) is 0 Å². The van der Waals surface area contributed by atoms with Gasteiger partial charge >= 0.3 is 0 Å². The van der Waals surface area contributed by atoms with Crippen LogP contribution in [0.4, 0.5) is 4.39 Å². The molecule has 4 nitrogen and oxygen atoms in total. The molecule has 0 spiro atoms. The number of allylic oxidation sites excluding steroid dienone is 1. The SMILES string of the molecule is C=N/C(=C\C(C)=NCN)N1CCCCCC1c1ccccc1F. The molecule has 1 atom stereocenters. The van der Waals surface area contributed by atoms with Gasteiger partial charge in [-0.1, -0.05) is 31.0 Å². The molecule has 1 heterocycles. The standard InChI is InChI=1S/C18H25FN4/c1-14(22-13-20)12-18(21-2)23-11-7-3-4-10-17(23)15-8-5-6-9-16(15)19/h5-6,8-9,12,17H,2-4,7,10-11,13,20H2,1H3/b18-12+,22-14?. The van der Waals surface area contributed by atoms with Crippen LogP contribution in [0.1, 0.15) is 44.2 Å². The molecule has 1 aliphatic heterocycles. The van der Waals surface area contributed by atoms with Crippen LogP contribution < -0.4 is 5.73 Å². The molecule has 2 N–H and O–H groups in total. The van der Waals surface area contributed by atoms with Crippen LogP contribution in [0, 0.1) is 5.82 Å². The summed E-state index contributed by atoms with van der Waals surface area (Å²) < 4.78 is 14.3. The highest BCUT2D eigenvalue weighted by atomic mass is 19.1. The van der Waals surface area contributed by atoms with Gasteiger partial charge in [-0.25, -0.2) is 9.38 Å². The first-order valence-electron chi connectivity index (χ1n) is 8.08. The van der Waals surface area contributed by atoms with Gasteiger partial charge in [-0.05, 0) is 32.5 Å². The smallest absolute Gasteiger partial charge is 0.130 e. The number of hydrogen-bond acceptors (Lipinski definition) is 4. The lowest BCUT2D eigenvalue weighted by Gasteiger charge is -2.32. The van der Waals surface area contributed by atoms with Crippen molar-refractivity contribution >= 4 is 12.4 Å². The summed E-state index contributed by atoms with van der Waals surface area (Å²) in [6.45, 7) is 6.65. The van der Waals surface area contributed by atoms with Crippen molar-refractivity contribution in [1.82, 2.24) is 4.90 Å². The molecule has 0 bridgehead atoms. The molecular formula is C18H25FN4. The normalized spacial score (nSPS) is 20.3. The average molecular weight is 316 g/mol. The lowest BCUT2D eigenvalue weighted by atomic mass is 10.00. The zero-order chi connectivity index (χ0) is 16.7. The maximum absolute atomic E-state index is 14.3. The first-order chi connectivity index (χ1) is 11.2. The predicted octanol–water partition coefficient (Wildman–Crippen LogP) is 3.66. The van der Waals surface area contributed by atoms with Gasteiger partial charge in [0.05, 0.1) is 12.7 Å². The van der Waals surface area contributed by atoms with Gasteiger partial charge in [-0.15, -0.1) is 0 Å². The minimum atomic E-state index is -0.167. The lowest BCUT2D eigenvalue weighted by Crippen LogP contribution is -2.28. The van der Waals surface area contributed by atoms with Crippen molar-refractivity contribution in [3.63, 3.8) is 0 Å². The summed E-state index contributed by atoms with van der Waals surface area (Å²) in [5, 5.41) is 0. The quantitative estimate of drug-likeness (QED) is 0.843. The summed E-state index contributed by atoms with van der Waals surface area (Å²) in [7, 11) is 0.